The molecule has 0 radical (unpaired) electrons. The number of aromatic nitrogens is 2. The molecule has 1 saturated heterocycles. The summed E-state index contributed by atoms with van der Waals surface area (Å²) in [4.78, 5) is 4.53. The van der Waals surface area contributed by atoms with Crippen LogP contribution in [0, 0.1) is 12.8 Å². The fourth-order valence-corrected chi connectivity index (χ4v) is 4.70. The first kappa shape index (κ1) is 18.3. The first-order valence-electron chi connectivity index (χ1n) is 8.78. The van der Waals surface area contributed by atoms with Gasteiger partial charge in [-0.3, -0.25) is 0 Å². The smallest absolute Gasteiger partial charge is 0.231 e. The Kier molecular flexibility index (Phi) is 4.61. The van der Waals surface area contributed by atoms with Gasteiger partial charge in [0.2, 0.25) is 16.8 Å². The number of fused-ring (bicyclic) bond motifs is 1. The summed E-state index contributed by atoms with van der Waals surface area (Å²) in [6, 6.07) is 3.77. The van der Waals surface area contributed by atoms with Crippen molar-refractivity contribution in [2.75, 3.05) is 39.9 Å². The van der Waals surface area contributed by atoms with Gasteiger partial charge in [-0.1, -0.05) is 0 Å². The number of imidazole rings is 1. The van der Waals surface area contributed by atoms with Crippen LogP contribution in [0.1, 0.15) is 11.6 Å². The quantitative estimate of drug-likeness (QED) is 0.768. The molecule has 0 saturated carbocycles. The monoisotopic (exact) mass is 393 g/mol. The molecule has 27 heavy (non-hydrogen) atoms. The number of nitrogens with zero attached hydrogens (tertiary/aromatic N) is 3. The van der Waals surface area contributed by atoms with Crippen molar-refractivity contribution in [1.82, 2.24) is 13.9 Å². The number of ether oxygens (including phenoxy) is 3. The van der Waals surface area contributed by atoms with Crippen LogP contribution in [-0.4, -0.2) is 62.1 Å². The van der Waals surface area contributed by atoms with Crippen molar-refractivity contribution in [2.45, 2.75) is 13.0 Å². The van der Waals surface area contributed by atoms with Crippen LogP contribution in [0.3, 0.4) is 0 Å². The summed E-state index contributed by atoms with van der Waals surface area (Å²) in [6.45, 7) is 3.08. The molecule has 4 rings (SSSR count). The summed E-state index contributed by atoms with van der Waals surface area (Å²) in [5, 5.41) is 0. The van der Waals surface area contributed by atoms with Crippen molar-refractivity contribution < 1.29 is 22.6 Å². The van der Waals surface area contributed by atoms with Gasteiger partial charge in [0.25, 0.3) is 0 Å². The third kappa shape index (κ3) is 3.30. The number of sulfonamides is 1. The molecule has 0 spiro atoms. The maximum Gasteiger partial charge on any atom is 0.231 e. The van der Waals surface area contributed by atoms with Gasteiger partial charge in [0.05, 0.1) is 25.0 Å². The van der Waals surface area contributed by atoms with E-state index in [2.05, 4.69) is 4.98 Å². The zero-order valence-corrected chi connectivity index (χ0v) is 16.4. The molecule has 1 aromatic heterocycles. The number of hydrogen-bond donors (Lipinski definition) is 0. The number of benzene rings is 1. The number of hydrogen-bond acceptors (Lipinski definition) is 6. The highest BCUT2D eigenvalue weighted by Crippen LogP contribution is 2.39. The third-order valence-electron chi connectivity index (χ3n) is 5.13. The van der Waals surface area contributed by atoms with Crippen LogP contribution >= 0.6 is 0 Å². The molecule has 0 bridgehead atoms. The van der Waals surface area contributed by atoms with Gasteiger partial charge in [-0.15, -0.1) is 0 Å². The van der Waals surface area contributed by atoms with E-state index in [-0.39, 0.29) is 24.5 Å². The van der Waals surface area contributed by atoms with E-state index in [0.29, 0.717) is 19.0 Å². The van der Waals surface area contributed by atoms with E-state index in [0.717, 1.165) is 22.7 Å². The van der Waals surface area contributed by atoms with Crippen molar-refractivity contribution in [3.63, 3.8) is 0 Å². The molecule has 146 valence electrons. The molecular formula is C18H23N3O5S. The second-order valence-electron chi connectivity index (χ2n) is 7.10. The van der Waals surface area contributed by atoms with Crippen LogP contribution in [-0.2, 0) is 14.8 Å². The predicted octanol–water partition coefficient (Wildman–Crippen LogP) is 1.67. The molecule has 2 atom stereocenters. The fraction of sp³-hybridized carbons (Fsp3) is 0.500. The molecule has 3 heterocycles. The molecular weight excluding hydrogens is 370 g/mol. The predicted molar refractivity (Wildman–Crippen MR) is 99.3 cm³/mol. The summed E-state index contributed by atoms with van der Waals surface area (Å²) in [5.74, 6) is 2.10. The first-order valence-corrected chi connectivity index (χ1v) is 10.4. The summed E-state index contributed by atoms with van der Waals surface area (Å²) in [6.07, 6.45) is 3.61. The van der Waals surface area contributed by atoms with Crippen LogP contribution in [0.5, 0.6) is 11.5 Å². The molecule has 1 fully saturated rings. The average Bonchev–Trinajstić information content (AvgIpc) is 3.32. The Morgan fingerprint density at radius 2 is 1.96 bits per heavy atom. The van der Waals surface area contributed by atoms with Gasteiger partial charge in [-0.2, -0.15) is 0 Å². The van der Waals surface area contributed by atoms with Gasteiger partial charge in [0, 0.05) is 38.0 Å². The van der Waals surface area contributed by atoms with Gasteiger partial charge in [0.15, 0.2) is 11.5 Å². The molecule has 0 unspecified atom stereocenters. The Bertz CT molecular complexity index is 954. The van der Waals surface area contributed by atoms with Crippen molar-refractivity contribution in [3.05, 3.63) is 30.1 Å². The molecule has 0 N–H and O–H groups in total. The van der Waals surface area contributed by atoms with Crippen LogP contribution in [0.4, 0.5) is 0 Å². The Balaban J connectivity index is 1.68. The first-order chi connectivity index (χ1) is 12.9. The molecule has 2 aliphatic rings. The lowest BCUT2D eigenvalue weighted by Gasteiger charge is -2.23. The molecule has 8 nitrogen and oxygen atoms in total. The fourth-order valence-electron chi connectivity index (χ4n) is 3.55. The van der Waals surface area contributed by atoms with E-state index in [4.69, 9.17) is 14.2 Å². The van der Waals surface area contributed by atoms with Crippen molar-refractivity contribution in [1.29, 1.82) is 0 Å². The van der Waals surface area contributed by atoms with Gasteiger partial charge in [-0.05, 0) is 24.6 Å². The molecule has 0 amide bonds. The SMILES string of the molecule is Cc1cc2c(cc1-c1nccn1[C@@H]1COC[C@@H]1CS(=O)(=O)N(C)C)OCO2. The maximum atomic E-state index is 12.4. The largest absolute Gasteiger partial charge is 0.454 e. The lowest BCUT2D eigenvalue weighted by atomic mass is 10.0. The van der Waals surface area contributed by atoms with E-state index < -0.39 is 10.0 Å². The van der Waals surface area contributed by atoms with E-state index in [1.165, 1.54) is 4.31 Å². The average molecular weight is 393 g/mol. The minimum absolute atomic E-state index is 0.0441. The zero-order chi connectivity index (χ0) is 19.2. The highest BCUT2D eigenvalue weighted by atomic mass is 32.2. The van der Waals surface area contributed by atoms with Crippen molar-refractivity contribution >= 4 is 10.0 Å². The Morgan fingerprint density at radius 3 is 2.70 bits per heavy atom. The Labute approximate surface area is 158 Å². The summed E-state index contributed by atoms with van der Waals surface area (Å²) in [5.41, 5.74) is 1.95. The number of aryl methyl sites for hydroxylation is 1. The summed E-state index contributed by atoms with van der Waals surface area (Å²) < 4.78 is 44.6. The van der Waals surface area contributed by atoms with E-state index >= 15 is 0 Å². The van der Waals surface area contributed by atoms with Crippen LogP contribution in [0.2, 0.25) is 0 Å². The zero-order valence-electron chi connectivity index (χ0n) is 15.6. The van der Waals surface area contributed by atoms with Crippen molar-refractivity contribution in [3.8, 4) is 22.9 Å². The number of rotatable bonds is 5. The lowest BCUT2D eigenvalue weighted by molar-refractivity contribution is 0.174. The van der Waals surface area contributed by atoms with Crippen LogP contribution < -0.4 is 9.47 Å². The minimum Gasteiger partial charge on any atom is -0.454 e. The second-order valence-corrected chi connectivity index (χ2v) is 9.33. The highest BCUT2D eigenvalue weighted by Gasteiger charge is 2.35. The van der Waals surface area contributed by atoms with E-state index in [9.17, 15) is 8.42 Å². The molecule has 0 aliphatic carbocycles. The Hall–Kier alpha value is -2.10. The maximum absolute atomic E-state index is 12.4. The summed E-state index contributed by atoms with van der Waals surface area (Å²) in [7, 11) is -0.208. The van der Waals surface area contributed by atoms with Gasteiger partial charge < -0.3 is 18.8 Å². The standard InChI is InChI=1S/C18H23N3O5S/c1-12-6-16-17(26-11-25-16)7-14(12)18-19-4-5-21(18)15-9-24-8-13(15)10-27(22,23)20(2)3/h4-7,13,15H,8-11H2,1-3H3/t13-,15-/m1/s1. The Morgan fingerprint density at radius 1 is 1.22 bits per heavy atom. The van der Waals surface area contributed by atoms with Crippen molar-refractivity contribution in [2.24, 2.45) is 5.92 Å². The topological polar surface area (TPSA) is 82.9 Å². The normalized spacial score (nSPS) is 21.9. The molecule has 2 aromatic rings. The summed E-state index contributed by atoms with van der Waals surface area (Å²) >= 11 is 0. The van der Waals surface area contributed by atoms with Gasteiger partial charge >= 0.3 is 0 Å². The lowest BCUT2D eigenvalue weighted by Crippen LogP contribution is -2.32. The van der Waals surface area contributed by atoms with E-state index in [1.54, 1.807) is 20.3 Å². The van der Waals surface area contributed by atoms with Crippen LogP contribution in [0.15, 0.2) is 24.5 Å². The molecule has 2 aliphatic heterocycles. The molecule has 9 heteroatoms. The molecule has 1 aromatic carbocycles. The van der Waals surface area contributed by atoms with Crippen LogP contribution in [0.25, 0.3) is 11.4 Å². The van der Waals surface area contributed by atoms with Gasteiger partial charge in [-0.25, -0.2) is 17.7 Å². The van der Waals surface area contributed by atoms with E-state index in [1.807, 2.05) is 29.8 Å². The minimum atomic E-state index is -3.32. The third-order valence-corrected chi connectivity index (χ3v) is 7.09. The highest BCUT2D eigenvalue weighted by molar-refractivity contribution is 7.89. The van der Waals surface area contributed by atoms with Gasteiger partial charge in [0.1, 0.15) is 5.82 Å². The second kappa shape index (κ2) is 6.81.